The molecule has 8 nitrogen and oxygen atoms in total. The van der Waals surface area contributed by atoms with Crippen molar-refractivity contribution in [2.45, 2.75) is 18.2 Å². The van der Waals surface area contributed by atoms with E-state index in [2.05, 4.69) is 15.1 Å². The summed E-state index contributed by atoms with van der Waals surface area (Å²) in [5.41, 5.74) is 1.85. The Balaban J connectivity index is 1.27. The lowest BCUT2D eigenvalue weighted by molar-refractivity contribution is -0.128. The van der Waals surface area contributed by atoms with Gasteiger partial charge in [-0.3, -0.25) is 9.36 Å². The van der Waals surface area contributed by atoms with Crippen LogP contribution in [0.25, 0.3) is 5.69 Å². The van der Waals surface area contributed by atoms with E-state index in [0.29, 0.717) is 48.7 Å². The summed E-state index contributed by atoms with van der Waals surface area (Å²) in [6, 6.07) is 23.7. The second-order valence-corrected chi connectivity index (χ2v) is 10.00. The molecule has 0 radical (unpaired) electrons. The van der Waals surface area contributed by atoms with E-state index < -0.39 is 6.10 Å². The first-order chi connectivity index (χ1) is 19.0. The van der Waals surface area contributed by atoms with E-state index in [1.807, 2.05) is 71.0 Å². The van der Waals surface area contributed by atoms with Crippen LogP contribution < -0.4 is 14.4 Å². The van der Waals surface area contributed by atoms with Crippen LogP contribution in [0, 0.1) is 5.82 Å². The third-order valence-corrected chi connectivity index (χ3v) is 7.47. The Kier molecular flexibility index (Phi) is 8.31. The van der Waals surface area contributed by atoms with Gasteiger partial charge in [0.15, 0.2) is 28.6 Å². The summed E-state index contributed by atoms with van der Waals surface area (Å²) < 4.78 is 26.8. The van der Waals surface area contributed by atoms with Gasteiger partial charge in [-0.15, -0.1) is 10.2 Å². The summed E-state index contributed by atoms with van der Waals surface area (Å²) >= 11 is 1.36. The number of hydrogen-bond donors (Lipinski definition) is 0. The van der Waals surface area contributed by atoms with Crippen LogP contribution in [0.2, 0.25) is 0 Å². The number of halogens is 1. The molecule has 0 N–H and O–H groups in total. The molecule has 39 heavy (non-hydrogen) atoms. The van der Waals surface area contributed by atoms with Gasteiger partial charge in [0.1, 0.15) is 5.82 Å². The van der Waals surface area contributed by atoms with Gasteiger partial charge in [0.2, 0.25) is 5.91 Å². The molecule has 1 unspecified atom stereocenters. The van der Waals surface area contributed by atoms with Crippen molar-refractivity contribution >= 4 is 23.4 Å². The quantitative estimate of drug-likeness (QED) is 0.273. The van der Waals surface area contributed by atoms with Crippen LogP contribution in [0.4, 0.5) is 10.1 Å². The minimum Gasteiger partial charge on any atom is -0.493 e. The highest BCUT2D eigenvalue weighted by Gasteiger charge is 2.25. The standard InChI is InChI=1S/C29H30FN5O3S/c1-21(38-26-11-7-6-10-25(26)37-2)28-31-32-29(35(28)24-8-4-3-5-9-24)39-20-27(36)34-18-16-33(17-19-34)23-14-12-22(30)13-15-23/h3-15,21H,16-20H2,1-2H3. The maximum absolute atomic E-state index is 13.3. The molecule has 0 spiro atoms. The molecule has 1 aliphatic heterocycles. The highest BCUT2D eigenvalue weighted by Crippen LogP contribution is 2.32. The average Bonchev–Trinajstić information content (AvgIpc) is 3.41. The summed E-state index contributed by atoms with van der Waals surface area (Å²) in [4.78, 5) is 17.1. The van der Waals surface area contributed by atoms with Gasteiger partial charge in [-0.05, 0) is 55.5 Å². The molecule has 3 aromatic carbocycles. The number of carbonyl (C=O) groups is 1. The van der Waals surface area contributed by atoms with Gasteiger partial charge in [-0.25, -0.2) is 4.39 Å². The number of hydrogen-bond acceptors (Lipinski definition) is 7. The summed E-state index contributed by atoms with van der Waals surface area (Å²) in [6.07, 6.45) is -0.432. The van der Waals surface area contributed by atoms with Gasteiger partial charge in [0.25, 0.3) is 0 Å². The number of aromatic nitrogens is 3. The summed E-state index contributed by atoms with van der Waals surface area (Å²) in [5, 5.41) is 9.50. The summed E-state index contributed by atoms with van der Waals surface area (Å²) in [5.74, 6) is 1.89. The van der Waals surface area contributed by atoms with Crippen molar-refractivity contribution in [1.82, 2.24) is 19.7 Å². The molecule has 0 aliphatic carbocycles. The molecule has 0 saturated carbocycles. The Morgan fingerprint density at radius 1 is 0.897 bits per heavy atom. The molecular formula is C29H30FN5O3S. The third kappa shape index (κ3) is 6.17. The average molecular weight is 548 g/mol. The molecule has 1 amide bonds. The zero-order valence-electron chi connectivity index (χ0n) is 21.9. The number of thioether (sulfide) groups is 1. The summed E-state index contributed by atoms with van der Waals surface area (Å²) in [6.45, 7) is 4.53. The second kappa shape index (κ2) is 12.2. The Labute approximate surface area is 231 Å². The topological polar surface area (TPSA) is 72.7 Å². The Morgan fingerprint density at radius 2 is 1.56 bits per heavy atom. The normalized spacial score (nSPS) is 14.2. The molecule has 2 heterocycles. The maximum atomic E-state index is 13.3. The highest BCUT2D eigenvalue weighted by molar-refractivity contribution is 7.99. The molecule has 10 heteroatoms. The van der Waals surface area contributed by atoms with Gasteiger partial charge in [0.05, 0.1) is 12.9 Å². The van der Waals surface area contributed by atoms with Crippen molar-refractivity contribution in [2.24, 2.45) is 0 Å². The zero-order chi connectivity index (χ0) is 27.2. The molecular weight excluding hydrogens is 517 g/mol. The predicted octanol–water partition coefficient (Wildman–Crippen LogP) is 5.00. The Bertz CT molecular complexity index is 1390. The van der Waals surface area contributed by atoms with Crippen LogP contribution in [0.15, 0.2) is 84.0 Å². The lowest BCUT2D eigenvalue weighted by Gasteiger charge is -2.36. The molecule has 1 fully saturated rings. The van der Waals surface area contributed by atoms with Crippen molar-refractivity contribution in [1.29, 1.82) is 0 Å². The lowest BCUT2D eigenvalue weighted by atomic mass is 10.2. The van der Waals surface area contributed by atoms with Crippen molar-refractivity contribution in [3.05, 3.63) is 90.5 Å². The first-order valence-corrected chi connectivity index (χ1v) is 13.7. The number of piperazine rings is 1. The van der Waals surface area contributed by atoms with E-state index in [1.165, 1.54) is 23.9 Å². The number of rotatable bonds is 9. The lowest BCUT2D eigenvalue weighted by Crippen LogP contribution is -2.49. The number of nitrogens with zero attached hydrogens (tertiary/aromatic N) is 5. The number of carbonyl (C=O) groups excluding carboxylic acids is 1. The molecule has 4 aromatic rings. The van der Waals surface area contributed by atoms with Crippen molar-refractivity contribution in [3.8, 4) is 17.2 Å². The van der Waals surface area contributed by atoms with E-state index in [0.717, 1.165) is 11.4 Å². The van der Waals surface area contributed by atoms with Gasteiger partial charge in [-0.1, -0.05) is 42.1 Å². The predicted molar refractivity (Wildman–Crippen MR) is 149 cm³/mol. The first kappa shape index (κ1) is 26.6. The molecule has 202 valence electrons. The van der Waals surface area contributed by atoms with Crippen LogP contribution in [-0.2, 0) is 4.79 Å². The van der Waals surface area contributed by atoms with Crippen molar-refractivity contribution in [3.63, 3.8) is 0 Å². The fourth-order valence-corrected chi connectivity index (χ4v) is 5.36. The van der Waals surface area contributed by atoms with Crippen LogP contribution in [-0.4, -0.2) is 64.6 Å². The van der Waals surface area contributed by atoms with E-state index in [9.17, 15) is 9.18 Å². The Hall–Kier alpha value is -4.05. The van der Waals surface area contributed by atoms with Crippen LogP contribution in [0.3, 0.4) is 0 Å². The maximum Gasteiger partial charge on any atom is 0.233 e. The third-order valence-electron chi connectivity index (χ3n) is 6.56. The smallest absolute Gasteiger partial charge is 0.233 e. The monoisotopic (exact) mass is 547 g/mol. The SMILES string of the molecule is COc1ccccc1OC(C)c1nnc(SCC(=O)N2CCN(c3ccc(F)cc3)CC2)n1-c1ccccc1. The Morgan fingerprint density at radius 3 is 2.26 bits per heavy atom. The molecule has 1 saturated heterocycles. The summed E-state index contributed by atoms with van der Waals surface area (Å²) in [7, 11) is 1.60. The van der Waals surface area contributed by atoms with E-state index in [1.54, 1.807) is 19.2 Å². The van der Waals surface area contributed by atoms with Gasteiger partial charge >= 0.3 is 0 Å². The number of ether oxygens (including phenoxy) is 2. The van der Waals surface area contributed by atoms with E-state index >= 15 is 0 Å². The van der Waals surface area contributed by atoms with Crippen LogP contribution in [0.5, 0.6) is 11.5 Å². The molecule has 0 bridgehead atoms. The van der Waals surface area contributed by atoms with Gasteiger partial charge < -0.3 is 19.3 Å². The number of anilines is 1. The first-order valence-electron chi connectivity index (χ1n) is 12.7. The number of para-hydroxylation sites is 3. The van der Waals surface area contributed by atoms with Crippen molar-refractivity contribution < 1.29 is 18.7 Å². The minimum atomic E-state index is -0.432. The second-order valence-electron chi connectivity index (χ2n) is 9.06. The minimum absolute atomic E-state index is 0.0428. The van der Waals surface area contributed by atoms with Crippen molar-refractivity contribution in [2.75, 3.05) is 43.9 Å². The largest absolute Gasteiger partial charge is 0.493 e. The fourth-order valence-electron chi connectivity index (χ4n) is 4.50. The number of benzene rings is 3. The molecule has 5 rings (SSSR count). The fraction of sp³-hybridized carbons (Fsp3) is 0.276. The molecule has 1 aliphatic rings. The van der Waals surface area contributed by atoms with E-state index in [-0.39, 0.29) is 17.5 Å². The molecule has 1 aromatic heterocycles. The zero-order valence-corrected chi connectivity index (χ0v) is 22.7. The number of amides is 1. The van der Waals surface area contributed by atoms with Gasteiger partial charge in [-0.2, -0.15) is 0 Å². The van der Waals surface area contributed by atoms with Crippen LogP contribution >= 0.6 is 11.8 Å². The number of methoxy groups -OCH3 is 1. The van der Waals surface area contributed by atoms with E-state index in [4.69, 9.17) is 9.47 Å². The highest BCUT2D eigenvalue weighted by atomic mass is 32.2. The van der Waals surface area contributed by atoms with Crippen LogP contribution in [0.1, 0.15) is 18.9 Å². The van der Waals surface area contributed by atoms with Gasteiger partial charge in [0, 0.05) is 37.6 Å². The molecule has 1 atom stereocenters.